The Morgan fingerprint density at radius 2 is 1.58 bits per heavy atom. The van der Waals surface area contributed by atoms with Gasteiger partial charge >= 0.3 is 6.18 Å². The number of hydrogen-bond donors (Lipinski definition) is 2. The maximum Gasteiger partial charge on any atom is 0.416 e. The molecule has 3 rings (SSSR count). The van der Waals surface area contributed by atoms with Gasteiger partial charge in [-0.05, 0) is 23.6 Å². The number of alkyl halides is 3. The van der Waals surface area contributed by atoms with E-state index in [9.17, 15) is 13.2 Å². The Labute approximate surface area is 153 Å². The van der Waals surface area contributed by atoms with E-state index in [-0.39, 0.29) is 6.54 Å². The summed E-state index contributed by atoms with van der Waals surface area (Å²) in [5, 5.41) is 3.37. The molecule has 6 heteroatoms. The fourth-order valence-corrected chi connectivity index (χ4v) is 2.74. The van der Waals surface area contributed by atoms with Crippen LogP contribution in [0.1, 0.15) is 16.7 Å². The molecular weight excluding hydrogens is 339 g/mol. The molecule has 2 aromatic rings. The summed E-state index contributed by atoms with van der Waals surface area (Å²) in [5.74, 6) is 0. The van der Waals surface area contributed by atoms with Crippen molar-refractivity contribution < 1.29 is 13.2 Å². The first-order chi connectivity index (χ1) is 12.5. The number of nitrogens with zero attached hydrogens (tertiary/aromatic N) is 1. The number of rotatable bonds is 4. The zero-order chi connectivity index (χ0) is 18.8. The zero-order valence-corrected chi connectivity index (χ0v) is 14.8. The molecule has 0 saturated carbocycles. The van der Waals surface area contributed by atoms with Crippen LogP contribution in [0.15, 0.2) is 54.6 Å². The highest BCUT2D eigenvalue weighted by Crippen LogP contribution is 2.29. The van der Waals surface area contributed by atoms with Gasteiger partial charge in [0, 0.05) is 39.3 Å². The van der Waals surface area contributed by atoms with Crippen LogP contribution >= 0.6 is 0 Å². The Morgan fingerprint density at radius 3 is 2.19 bits per heavy atom. The topological polar surface area (TPSA) is 41.3 Å². The Kier molecular flexibility index (Phi) is 8.09. The van der Waals surface area contributed by atoms with E-state index in [4.69, 9.17) is 5.73 Å². The van der Waals surface area contributed by atoms with Crippen LogP contribution in [0.2, 0.25) is 0 Å². The Morgan fingerprint density at radius 1 is 0.923 bits per heavy atom. The van der Waals surface area contributed by atoms with Crippen molar-refractivity contribution in [2.75, 3.05) is 32.7 Å². The first-order valence-electron chi connectivity index (χ1n) is 8.82. The van der Waals surface area contributed by atoms with E-state index in [1.54, 1.807) is 6.07 Å². The Hall–Kier alpha value is -1.89. The fraction of sp³-hybridized carbons (Fsp3) is 0.400. The summed E-state index contributed by atoms with van der Waals surface area (Å²) in [6, 6.07) is 15.7. The van der Waals surface area contributed by atoms with Gasteiger partial charge in [0.25, 0.3) is 0 Å². The third-order valence-corrected chi connectivity index (χ3v) is 4.26. The summed E-state index contributed by atoms with van der Waals surface area (Å²) >= 11 is 0. The lowest BCUT2D eigenvalue weighted by molar-refractivity contribution is -0.137. The largest absolute Gasteiger partial charge is 0.416 e. The number of nitrogens with two attached hydrogens (primary N) is 1. The van der Waals surface area contributed by atoms with Crippen molar-refractivity contribution in [2.45, 2.75) is 19.1 Å². The molecule has 1 aliphatic heterocycles. The molecule has 1 heterocycles. The molecule has 0 bridgehead atoms. The lowest BCUT2D eigenvalue weighted by Gasteiger charge is -2.27. The van der Waals surface area contributed by atoms with Crippen LogP contribution < -0.4 is 11.1 Å². The standard InChI is InChI=1S/C12H18N2.C8H8F3N/c1-2-4-12(5-3-1)6-9-14-10-7-13-8-11-14;9-8(10,11)7-3-1-2-6(4-7)5-12/h1-5,13H,6-11H2;1-4H,5,12H2. The van der Waals surface area contributed by atoms with Crippen molar-refractivity contribution in [3.05, 3.63) is 71.3 Å². The molecule has 3 N–H and O–H groups in total. The molecule has 26 heavy (non-hydrogen) atoms. The predicted molar refractivity (Wildman–Crippen MR) is 98.8 cm³/mol. The van der Waals surface area contributed by atoms with Crippen LogP contribution in [0, 0.1) is 0 Å². The highest BCUT2D eigenvalue weighted by atomic mass is 19.4. The highest BCUT2D eigenvalue weighted by Gasteiger charge is 2.30. The molecule has 0 aromatic heterocycles. The summed E-state index contributed by atoms with van der Waals surface area (Å²) in [6.45, 7) is 6.03. The quantitative estimate of drug-likeness (QED) is 0.874. The maximum absolute atomic E-state index is 12.1. The van der Waals surface area contributed by atoms with Crippen LogP contribution in [0.3, 0.4) is 0 Å². The second kappa shape index (κ2) is 10.3. The van der Waals surface area contributed by atoms with E-state index in [2.05, 4.69) is 40.5 Å². The van der Waals surface area contributed by atoms with E-state index in [1.165, 1.54) is 37.7 Å². The smallest absolute Gasteiger partial charge is 0.326 e. The van der Waals surface area contributed by atoms with Crippen LogP contribution in [0.25, 0.3) is 0 Å². The average Bonchev–Trinajstić information content (AvgIpc) is 2.68. The van der Waals surface area contributed by atoms with Crippen LogP contribution in [0.5, 0.6) is 0 Å². The molecule has 0 amide bonds. The van der Waals surface area contributed by atoms with Crippen molar-refractivity contribution in [1.29, 1.82) is 0 Å². The first-order valence-corrected chi connectivity index (χ1v) is 8.82. The molecule has 0 aliphatic carbocycles. The summed E-state index contributed by atoms with van der Waals surface area (Å²) in [5.41, 5.74) is 6.49. The minimum Gasteiger partial charge on any atom is -0.326 e. The summed E-state index contributed by atoms with van der Waals surface area (Å²) in [4.78, 5) is 2.53. The normalized spacial score (nSPS) is 15.2. The van der Waals surface area contributed by atoms with Gasteiger partial charge in [0.1, 0.15) is 0 Å². The maximum atomic E-state index is 12.1. The third kappa shape index (κ3) is 7.15. The van der Waals surface area contributed by atoms with Gasteiger partial charge in [0.2, 0.25) is 0 Å². The van der Waals surface area contributed by atoms with Crippen LogP contribution in [-0.2, 0) is 19.1 Å². The van der Waals surface area contributed by atoms with Gasteiger partial charge in [0.15, 0.2) is 0 Å². The number of hydrogen-bond acceptors (Lipinski definition) is 3. The third-order valence-electron chi connectivity index (χ3n) is 4.26. The van der Waals surface area contributed by atoms with Gasteiger partial charge in [-0.1, -0.05) is 48.5 Å². The van der Waals surface area contributed by atoms with Crippen molar-refractivity contribution in [2.24, 2.45) is 5.73 Å². The number of benzene rings is 2. The summed E-state index contributed by atoms with van der Waals surface area (Å²) in [7, 11) is 0. The summed E-state index contributed by atoms with van der Waals surface area (Å²) < 4.78 is 36.2. The van der Waals surface area contributed by atoms with Crippen molar-refractivity contribution in [1.82, 2.24) is 10.2 Å². The molecule has 0 spiro atoms. The second-order valence-corrected chi connectivity index (χ2v) is 6.23. The lowest BCUT2D eigenvalue weighted by Crippen LogP contribution is -2.44. The SMILES string of the molecule is NCc1cccc(C(F)(F)F)c1.c1ccc(CCN2CCNCC2)cc1. The van der Waals surface area contributed by atoms with E-state index in [0.717, 1.165) is 25.2 Å². The van der Waals surface area contributed by atoms with Gasteiger partial charge in [-0.2, -0.15) is 13.2 Å². The molecule has 2 aromatic carbocycles. The van der Waals surface area contributed by atoms with Crippen LogP contribution in [0.4, 0.5) is 13.2 Å². The molecule has 1 saturated heterocycles. The van der Waals surface area contributed by atoms with Crippen molar-refractivity contribution in [3.8, 4) is 0 Å². The number of nitrogens with one attached hydrogen (secondary N) is 1. The van der Waals surface area contributed by atoms with Crippen molar-refractivity contribution >= 4 is 0 Å². The van der Waals surface area contributed by atoms with Gasteiger partial charge < -0.3 is 16.0 Å². The van der Waals surface area contributed by atoms with Crippen LogP contribution in [-0.4, -0.2) is 37.6 Å². The van der Waals surface area contributed by atoms with E-state index in [1.807, 2.05) is 0 Å². The molecule has 142 valence electrons. The second-order valence-electron chi connectivity index (χ2n) is 6.23. The van der Waals surface area contributed by atoms with Gasteiger partial charge in [-0.25, -0.2) is 0 Å². The zero-order valence-electron chi connectivity index (χ0n) is 14.8. The predicted octanol–water partition coefficient (Wildman–Crippen LogP) is 3.30. The van der Waals surface area contributed by atoms with Gasteiger partial charge in [-0.15, -0.1) is 0 Å². The van der Waals surface area contributed by atoms with E-state index >= 15 is 0 Å². The van der Waals surface area contributed by atoms with E-state index < -0.39 is 11.7 Å². The summed E-state index contributed by atoms with van der Waals surface area (Å²) in [6.07, 6.45) is -3.09. The Bertz CT molecular complexity index is 638. The minimum absolute atomic E-state index is 0.129. The van der Waals surface area contributed by atoms with Gasteiger partial charge in [0.05, 0.1) is 5.56 Å². The lowest BCUT2D eigenvalue weighted by atomic mass is 10.1. The molecule has 0 unspecified atom stereocenters. The van der Waals surface area contributed by atoms with Gasteiger partial charge in [-0.3, -0.25) is 0 Å². The van der Waals surface area contributed by atoms with Crippen molar-refractivity contribution in [3.63, 3.8) is 0 Å². The molecule has 1 aliphatic rings. The Balaban J connectivity index is 0.000000190. The molecule has 3 nitrogen and oxygen atoms in total. The van der Waals surface area contributed by atoms with E-state index in [0.29, 0.717) is 5.56 Å². The minimum atomic E-state index is -4.27. The first kappa shape index (κ1) is 20.4. The molecule has 0 atom stereocenters. The average molecular weight is 365 g/mol. The fourth-order valence-electron chi connectivity index (χ4n) is 2.74. The molecule has 0 radical (unpaired) electrons. The molecular formula is C20H26F3N3. The highest BCUT2D eigenvalue weighted by molar-refractivity contribution is 5.25. The molecule has 1 fully saturated rings. The number of piperazine rings is 1. The number of halogens is 3. The monoisotopic (exact) mass is 365 g/mol.